The molecule has 0 saturated heterocycles. The van der Waals surface area contributed by atoms with Gasteiger partial charge >= 0.3 is 0 Å². The fourth-order valence-corrected chi connectivity index (χ4v) is 3.66. The summed E-state index contributed by atoms with van der Waals surface area (Å²) in [6.07, 6.45) is 2.93. The molecule has 2 rings (SSSR count). The van der Waals surface area contributed by atoms with Crippen molar-refractivity contribution in [3.63, 3.8) is 0 Å². The summed E-state index contributed by atoms with van der Waals surface area (Å²) in [7, 11) is -3.59. The van der Waals surface area contributed by atoms with Crippen LogP contribution in [0.1, 0.15) is 25.3 Å². The van der Waals surface area contributed by atoms with Gasteiger partial charge in [0.1, 0.15) is 6.54 Å². The average Bonchev–Trinajstić information content (AvgIpc) is 2.61. The molecule has 0 unspecified atom stereocenters. The van der Waals surface area contributed by atoms with Crippen LogP contribution >= 0.6 is 0 Å². The molecular formula is C20H26N2O3S. The summed E-state index contributed by atoms with van der Waals surface area (Å²) in [6, 6.07) is 16.6. The molecule has 5 nitrogen and oxygen atoms in total. The highest BCUT2D eigenvalue weighted by Gasteiger charge is 2.25. The Morgan fingerprint density at radius 3 is 2.19 bits per heavy atom. The van der Waals surface area contributed by atoms with E-state index in [0.29, 0.717) is 12.2 Å². The molecule has 1 amide bonds. The van der Waals surface area contributed by atoms with Crippen LogP contribution in [0.2, 0.25) is 0 Å². The number of sulfonamides is 1. The fourth-order valence-electron chi connectivity index (χ4n) is 2.75. The highest BCUT2D eigenvalue weighted by molar-refractivity contribution is 7.92. The number of carbonyl (C=O) groups excluding carboxylic acids is 1. The summed E-state index contributed by atoms with van der Waals surface area (Å²) < 4.78 is 25.9. The molecule has 0 radical (unpaired) electrons. The lowest BCUT2D eigenvalue weighted by atomic mass is 10.2. The molecule has 2 aromatic carbocycles. The lowest BCUT2D eigenvalue weighted by Gasteiger charge is -2.28. The Balaban J connectivity index is 2.33. The van der Waals surface area contributed by atoms with Gasteiger partial charge in [-0.05, 0) is 37.1 Å². The average molecular weight is 375 g/mol. The smallest absolute Gasteiger partial charge is 0.247 e. The van der Waals surface area contributed by atoms with Gasteiger partial charge in [-0.3, -0.25) is 9.10 Å². The number of anilines is 2. The summed E-state index contributed by atoms with van der Waals surface area (Å²) in [5.74, 6) is -0.238. The van der Waals surface area contributed by atoms with Gasteiger partial charge < -0.3 is 4.90 Å². The van der Waals surface area contributed by atoms with Crippen LogP contribution in [0.15, 0.2) is 54.6 Å². The standard InChI is InChI=1S/C20H26N2O3S/c1-4-5-15-21(18-12-7-6-8-13-18)20(23)16-22(26(3,24)25)19-14-10-9-11-17(19)2/h6-14H,4-5,15-16H2,1-3H3. The monoisotopic (exact) mass is 374 g/mol. The number of nitrogens with zero attached hydrogens (tertiary/aromatic N) is 2. The number of rotatable bonds is 8. The van der Waals surface area contributed by atoms with Gasteiger partial charge in [-0.15, -0.1) is 0 Å². The summed E-state index contributed by atoms with van der Waals surface area (Å²) in [4.78, 5) is 14.7. The molecule has 0 saturated carbocycles. The Morgan fingerprint density at radius 2 is 1.62 bits per heavy atom. The van der Waals surface area contributed by atoms with E-state index in [1.165, 1.54) is 4.31 Å². The van der Waals surface area contributed by atoms with Gasteiger partial charge in [0.25, 0.3) is 0 Å². The van der Waals surface area contributed by atoms with Crippen LogP contribution in [-0.2, 0) is 14.8 Å². The second kappa shape index (κ2) is 8.85. The second-order valence-electron chi connectivity index (χ2n) is 6.29. The molecular weight excluding hydrogens is 348 g/mol. The van der Waals surface area contributed by atoms with Crippen molar-refractivity contribution in [2.75, 3.05) is 28.6 Å². The molecule has 0 bridgehead atoms. The van der Waals surface area contributed by atoms with E-state index in [-0.39, 0.29) is 12.5 Å². The van der Waals surface area contributed by atoms with E-state index in [9.17, 15) is 13.2 Å². The zero-order valence-corrected chi connectivity index (χ0v) is 16.4. The molecule has 0 aliphatic heterocycles. The number of para-hydroxylation sites is 2. The zero-order valence-electron chi connectivity index (χ0n) is 15.6. The Hall–Kier alpha value is -2.34. The summed E-state index contributed by atoms with van der Waals surface area (Å²) in [5.41, 5.74) is 2.13. The number of benzene rings is 2. The van der Waals surface area contributed by atoms with Crippen LogP contribution in [0, 0.1) is 6.92 Å². The molecule has 0 N–H and O–H groups in total. The van der Waals surface area contributed by atoms with Crippen molar-refractivity contribution in [1.82, 2.24) is 0 Å². The predicted molar refractivity (Wildman–Crippen MR) is 107 cm³/mol. The van der Waals surface area contributed by atoms with E-state index < -0.39 is 10.0 Å². The van der Waals surface area contributed by atoms with Gasteiger partial charge in [0.2, 0.25) is 15.9 Å². The number of hydrogen-bond acceptors (Lipinski definition) is 3. The minimum Gasteiger partial charge on any atom is -0.311 e. The summed E-state index contributed by atoms with van der Waals surface area (Å²) in [5, 5.41) is 0. The van der Waals surface area contributed by atoms with Crippen molar-refractivity contribution in [3.05, 3.63) is 60.2 Å². The number of aryl methyl sites for hydroxylation is 1. The lowest BCUT2D eigenvalue weighted by molar-refractivity contribution is -0.117. The molecule has 0 fully saturated rings. The molecule has 0 aliphatic rings. The Kier molecular flexibility index (Phi) is 6.80. The first-order chi connectivity index (χ1) is 12.3. The van der Waals surface area contributed by atoms with Crippen molar-refractivity contribution < 1.29 is 13.2 Å². The predicted octanol–water partition coefficient (Wildman–Crippen LogP) is 3.59. The highest BCUT2D eigenvalue weighted by atomic mass is 32.2. The molecule has 0 atom stereocenters. The maximum Gasteiger partial charge on any atom is 0.247 e. The van der Waals surface area contributed by atoms with Crippen molar-refractivity contribution in [1.29, 1.82) is 0 Å². The van der Waals surface area contributed by atoms with Crippen molar-refractivity contribution in [2.24, 2.45) is 0 Å². The molecule has 0 heterocycles. The van der Waals surface area contributed by atoms with E-state index in [4.69, 9.17) is 0 Å². The van der Waals surface area contributed by atoms with Gasteiger partial charge in [-0.25, -0.2) is 8.42 Å². The van der Waals surface area contributed by atoms with Crippen LogP contribution < -0.4 is 9.21 Å². The molecule has 26 heavy (non-hydrogen) atoms. The van der Waals surface area contributed by atoms with E-state index in [2.05, 4.69) is 6.92 Å². The Morgan fingerprint density at radius 1 is 1.00 bits per heavy atom. The largest absolute Gasteiger partial charge is 0.311 e. The van der Waals surface area contributed by atoms with Gasteiger partial charge in [-0.2, -0.15) is 0 Å². The van der Waals surface area contributed by atoms with Crippen molar-refractivity contribution >= 4 is 27.3 Å². The van der Waals surface area contributed by atoms with Crippen LogP contribution in [0.3, 0.4) is 0 Å². The van der Waals surface area contributed by atoms with Crippen LogP contribution in [0.25, 0.3) is 0 Å². The third-order valence-corrected chi connectivity index (χ3v) is 5.29. The Bertz CT molecular complexity index is 835. The fraction of sp³-hybridized carbons (Fsp3) is 0.350. The van der Waals surface area contributed by atoms with Gasteiger partial charge in [-0.1, -0.05) is 49.7 Å². The Labute approximate surface area is 156 Å². The first-order valence-corrected chi connectivity index (χ1v) is 10.6. The molecule has 0 spiro atoms. The molecule has 140 valence electrons. The minimum atomic E-state index is -3.59. The topological polar surface area (TPSA) is 57.7 Å². The SMILES string of the molecule is CCCCN(C(=O)CN(c1ccccc1C)S(C)(=O)=O)c1ccccc1. The van der Waals surface area contributed by atoms with Crippen molar-refractivity contribution in [2.45, 2.75) is 26.7 Å². The highest BCUT2D eigenvalue weighted by Crippen LogP contribution is 2.23. The van der Waals surface area contributed by atoms with Gasteiger partial charge in [0, 0.05) is 12.2 Å². The first kappa shape index (κ1) is 20.0. The second-order valence-corrected chi connectivity index (χ2v) is 8.20. The molecule has 6 heteroatoms. The van der Waals surface area contributed by atoms with Gasteiger partial charge in [0.05, 0.1) is 11.9 Å². The first-order valence-electron chi connectivity index (χ1n) is 8.73. The van der Waals surface area contributed by atoms with Crippen LogP contribution in [0.5, 0.6) is 0 Å². The van der Waals surface area contributed by atoms with E-state index in [1.807, 2.05) is 49.4 Å². The lowest BCUT2D eigenvalue weighted by Crippen LogP contribution is -2.43. The van der Waals surface area contributed by atoms with E-state index in [0.717, 1.165) is 30.3 Å². The summed E-state index contributed by atoms with van der Waals surface area (Å²) in [6.45, 7) is 4.24. The number of hydrogen-bond donors (Lipinski definition) is 0. The maximum atomic E-state index is 13.0. The number of unbranched alkanes of at least 4 members (excludes halogenated alkanes) is 1. The maximum absolute atomic E-state index is 13.0. The normalized spacial score (nSPS) is 11.2. The third kappa shape index (κ3) is 5.08. The zero-order chi connectivity index (χ0) is 19.2. The van der Waals surface area contributed by atoms with E-state index >= 15 is 0 Å². The van der Waals surface area contributed by atoms with E-state index in [1.54, 1.807) is 17.0 Å². The number of amides is 1. The molecule has 0 aliphatic carbocycles. The van der Waals surface area contributed by atoms with Crippen molar-refractivity contribution in [3.8, 4) is 0 Å². The summed E-state index contributed by atoms with van der Waals surface area (Å²) >= 11 is 0. The van der Waals surface area contributed by atoms with Gasteiger partial charge in [0.15, 0.2) is 0 Å². The van der Waals surface area contributed by atoms with Crippen LogP contribution in [0.4, 0.5) is 11.4 Å². The van der Waals surface area contributed by atoms with Crippen LogP contribution in [-0.4, -0.2) is 33.7 Å². The molecule has 0 aromatic heterocycles. The quantitative estimate of drug-likeness (QED) is 0.709. The number of carbonyl (C=O) groups is 1. The third-order valence-electron chi connectivity index (χ3n) is 4.17. The molecule has 2 aromatic rings. The minimum absolute atomic E-state index is 0.220.